The Kier molecular flexibility index (Phi) is 9.19. The molecule has 146 valence electrons. The van der Waals surface area contributed by atoms with E-state index in [0.717, 1.165) is 16.3 Å². The van der Waals surface area contributed by atoms with E-state index in [1.54, 1.807) is 0 Å². The number of nitrogens with two attached hydrogens (primary N) is 2. The molecule has 6 heteroatoms. The summed E-state index contributed by atoms with van der Waals surface area (Å²) >= 11 is 0. The van der Waals surface area contributed by atoms with Gasteiger partial charge < -0.3 is 21.3 Å². The molecule has 0 saturated carbocycles. The Bertz CT molecular complexity index is 768. The maximum Gasteiger partial charge on any atom is 0.323 e. The van der Waals surface area contributed by atoms with Crippen LogP contribution in [0.1, 0.15) is 19.4 Å². The number of benzene rings is 2. The second-order valence-corrected chi connectivity index (χ2v) is 6.48. The summed E-state index contributed by atoms with van der Waals surface area (Å²) in [7, 11) is 0. The van der Waals surface area contributed by atoms with Crippen molar-refractivity contribution in [1.29, 1.82) is 0 Å². The van der Waals surface area contributed by atoms with Gasteiger partial charge in [0.25, 0.3) is 0 Å². The van der Waals surface area contributed by atoms with Gasteiger partial charge in [0.1, 0.15) is 18.7 Å². The summed E-state index contributed by atoms with van der Waals surface area (Å²) in [4.78, 5) is 21.7. The second-order valence-electron chi connectivity index (χ2n) is 6.48. The average Bonchev–Trinajstić information content (AvgIpc) is 2.66. The zero-order chi connectivity index (χ0) is 20.4. The Labute approximate surface area is 159 Å². The molecule has 0 aliphatic carbocycles. The highest BCUT2D eigenvalue weighted by molar-refractivity contribution is 5.86. The molecule has 0 aromatic heterocycles. The highest BCUT2D eigenvalue weighted by Gasteiger charge is 2.17. The molecule has 27 heavy (non-hydrogen) atoms. The molecular formula is C21H28N2O4. The smallest absolute Gasteiger partial charge is 0.323 e. The van der Waals surface area contributed by atoms with Gasteiger partial charge in [-0.1, -0.05) is 69.0 Å². The van der Waals surface area contributed by atoms with Gasteiger partial charge in [-0.3, -0.25) is 9.59 Å². The Morgan fingerprint density at radius 3 is 2.37 bits per heavy atom. The van der Waals surface area contributed by atoms with E-state index in [0.29, 0.717) is 6.42 Å². The topological polar surface area (TPSA) is 116 Å². The van der Waals surface area contributed by atoms with Crippen LogP contribution in [0.25, 0.3) is 10.8 Å². The molecule has 0 radical (unpaired) electrons. The van der Waals surface area contributed by atoms with Crippen molar-refractivity contribution < 1.29 is 19.4 Å². The van der Waals surface area contributed by atoms with E-state index in [2.05, 4.69) is 6.58 Å². The number of fused-ring (bicyclic) bond motifs is 1. The molecule has 0 aliphatic rings. The van der Waals surface area contributed by atoms with Gasteiger partial charge in [-0.2, -0.15) is 0 Å². The third kappa shape index (κ3) is 7.21. The fraction of sp³-hybridized carbons (Fsp3) is 0.333. The molecule has 0 heterocycles. The first-order valence-corrected chi connectivity index (χ1v) is 8.76. The van der Waals surface area contributed by atoms with Crippen LogP contribution < -0.4 is 11.5 Å². The maximum atomic E-state index is 10.9. The van der Waals surface area contributed by atoms with Crippen LogP contribution in [0, 0.1) is 5.92 Å². The molecule has 2 rings (SSSR count). The standard InChI is InChI=1S/C13H13NO2.C8H15NO2/c14-12(13(15)16)8-10-6-3-5-9-4-1-2-7-11(9)10;1-4-5-11-8(10)7(9)6(2)3/h1-7,12H,8,14H2,(H,15,16);4,6-7H,1,5,9H2,2-3H3/t12-;7-/m00/s1. The Hall–Kier alpha value is -2.70. The van der Waals surface area contributed by atoms with Crippen LogP contribution in [0.2, 0.25) is 0 Å². The van der Waals surface area contributed by atoms with Crippen LogP contribution in [0.3, 0.4) is 0 Å². The first-order chi connectivity index (χ1) is 12.8. The molecule has 0 bridgehead atoms. The Morgan fingerprint density at radius 1 is 1.15 bits per heavy atom. The molecule has 0 aliphatic heterocycles. The lowest BCUT2D eigenvalue weighted by molar-refractivity contribution is -0.145. The molecule has 0 spiro atoms. The van der Waals surface area contributed by atoms with Crippen LogP contribution in [-0.4, -0.2) is 35.7 Å². The second kappa shape index (κ2) is 11.1. The summed E-state index contributed by atoms with van der Waals surface area (Å²) < 4.78 is 4.73. The molecule has 0 saturated heterocycles. The van der Waals surface area contributed by atoms with E-state index in [9.17, 15) is 9.59 Å². The highest BCUT2D eigenvalue weighted by atomic mass is 16.5. The zero-order valence-corrected chi connectivity index (χ0v) is 15.8. The molecule has 2 aromatic carbocycles. The van der Waals surface area contributed by atoms with Gasteiger partial charge in [0.05, 0.1) is 0 Å². The lowest BCUT2D eigenvalue weighted by atomic mass is 9.99. The number of ether oxygens (including phenoxy) is 1. The van der Waals surface area contributed by atoms with Crippen LogP contribution in [0.5, 0.6) is 0 Å². The van der Waals surface area contributed by atoms with Crippen molar-refractivity contribution in [1.82, 2.24) is 0 Å². The minimum atomic E-state index is -0.965. The van der Waals surface area contributed by atoms with Crippen molar-refractivity contribution in [2.45, 2.75) is 32.4 Å². The van der Waals surface area contributed by atoms with Crippen molar-refractivity contribution in [2.24, 2.45) is 17.4 Å². The SMILES string of the molecule is C=CCOC(=O)[C@@H](N)C(C)C.N[C@@H](Cc1cccc2ccccc12)C(=O)O. The predicted octanol–water partition coefficient (Wildman–Crippen LogP) is 2.49. The van der Waals surface area contributed by atoms with Gasteiger partial charge in [-0.15, -0.1) is 0 Å². The summed E-state index contributed by atoms with van der Waals surface area (Å²) in [5.74, 6) is -1.21. The number of carbonyl (C=O) groups is 2. The number of hydrogen-bond acceptors (Lipinski definition) is 5. The third-order valence-corrected chi connectivity index (χ3v) is 3.97. The van der Waals surface area contributed by atoms with Gasteiger partial charge in [0.2, 0.25) is 0 Å². The van der Waals surface area contributed by atoms with Crippen LogP contribution >= 0.6 is 0 Å². The van der Waals surface area contributed by atoms with Gasteiger partial charge >= 0.3 is 11.9 Å². The monoisotopic (exact) mass is 372 g/mol. The minimum absolute atomic E-state index is 0.118. The maximum absolute atomic E-state index is 10.9. The van der Waals surface area contributed by atoms with Gasteiger partial charge in [0.15, 0.2) is 0 Å². The number of carboxylic acids is 1. The summed E-state index contributed by atoms with van der Waals surface area (Å²) in [6.45, 7) is 7.40. The largest absolute Gasteiger partial charge is 0.480 e. The summed E-state index contributed by atoms with van der Waals surface area (Å²) in [5.41, 5.74) is 12.0. The fourth-order valence-corrected chi connectivity index (χ4v) is 2.30. The number of hydrogen-bond donors (Lipinski definition) is 3. The van der Waals surface area contributed by atoms with Crippen molar-refractivity contribution in [3.05, 3.63) is 60.7 Å². The van der Waals surface area contributed by atoms with Crippen molar-refractivity contribution in [2.75, 3.05) is 6.61 Å². The third-order valence-electron chi connectivity index (χ3n) is 3.97. The lowest BCUT2D eigenvalue weighted by Gasteiger charge is -2.13. The van der Waals surface area contributed by atoms with Crippen LogP contribution in [-0.2, 0) is 20.7 Å². The number of rotatable bonds is 7. The summed E-state index contributed by atoms with van der Waals surface area (Å²) in [6.07, 6.45) is 1.88. The molecule has 2 atom stereocenters. The molecule has 6 nitrogen and oxygen atoms in total. The number of carbonyl (C=O) groups excluding carboxylic acids is 1. The Morgan fingerprint density at radius 2 is 1.78 bits per heavy atom. The van der Waals surface area contributed by atoms with E-state index in [4.69, 9.17) is 21.3 Å². The number of aliphatic carboxylic acids is 1. The zero-order valence-electron chi connectivity index (χ0n) is 15.8. The molecule has 2 aromatic rings. The fourth-order valence-electron chi connectivity index (χ4n) is 2.30. The van der Waals surface area contributed by atoms with Gasteiger partial charge in [0, 0.05) is 0 Å². The molecule has 0 fully saturated rings. The van der Waals surface area contributed by atoms with Crippen molar-refractivity contribution in [3.63, 3.8) is 0 Å². The van der Waals surface area contributed by atoms with Gasteiger partial charge in [-0.25, -0.2) is 0 Å². The lowest BCUT2D eigenvalue weighted by Crippen LogP contribution is -2.36. The quantitative estimate of drug-likeness (QED) is 0.508. The van der Waals surface area contributed by atoms with E-state index in [1.165, 1.54) is 6.08 Å². The summed E-state index contributed by atoms with van der Waals surface area (Å²) in [6, 6.07) is 12.4. The minimum Gasteiger partial charge on any atom is -0.480 e. The predicted molar refractivity (Wildman–Crippen MR) is 107 cm³/mol. The number of esters is 1. The van der Waals surface area contributed by atoms with Gasteiger partial charge in [-0.05, 0) is 28.7 Å². The normalized spacial score (nSPS) is 12.6. The van der Waals surface area contributed by atoms with E-state index in [-0.39, 0.29) is 18.5 Å². The van der Waals surface area contributed by atoms with Crippen LogP contribution in [0.15, 0.2) is 55.1 Å². The van der Waals surface area contributed by atoms with Crippen molar-refractivity contribution >= 4 is 22.7 Å². The molecule has 0 amide bonds. The first-order valence-electron chi connectivity index (χ1n) is 8.76. The average molecular weight is 372 g/mol. The van der Waals surface area contributed by atoms with Crippen LogP contribution in [0.4, 0.5) is 0 Å². The van der Waals surface area contributed by atoms with Crippen molar-refractivity contribution in [3.8, 4) is 0 Å². The van der Waals surface area contributed by atoms with E-state index >= 15 is 0 Å². The van der Waals surface area contributed by atoms with E-state index in [1.807, 2.05) is 56.3 Å². The number of carboxylic acid groups (broad SMARTS) is 1. The molecule has 5 N–H and O–H groups in total. The molecular weight excluding hydrogens is 344 g/mol. The van der Waals surface area contributed by atoms with E-state index < -0.39 is 18.1 Å². The Balaban J connectivity index is 0.000000293. The highest BCUT2D eigenvalue weighted by Crippen LogP contribution is 2.19. The molecule has 0 unspecified atom stereocenters. The summed E-state index contributed by atoms with van der Waals surface area (Å²) in [5, 5.41) is 11.0. The first kappa shape index (κ1) is 22.3.